The fourth-order valence-corrected chi connectivity index (χ4v) is 1.78. The van der Waals surface area contributed by atoms with Gasteiger partial charge >= 0.3 is 5.97 Å². The number of methoxy groups -OCH3 is 1. The molecule has 0 bridgehead atoms. The second-order valence-electron chi connectivity index (χ2n) is 4.50. The van der Waals surface area contributed by atoms with E-state index in [9.17, 15) is 14.0 Å². The van der Waals surface area contributed by atoms with Crippen LogP contribution >= 0.6 is 0 Å². The lowest BCUT2D eigenvalue weighted by Crippen LogP contribution is -2.26. The number of nitrogens with one attached hydrogen (secondary N) is 1. The van der Waals surface area contributed by atoms with Crippen LogP contribution in [0.15, 0.2) is 24.3 Å². The Bertz CT molecular complexity index is 448. The zero-order valence-corrected chi connectivity index (χ0v) is 11.7. The molecule has 0 aliphatic rings. The minimum Gasteiger partial charge on any atom is -0.469 e. The molecule has 1 rings (SSSR count). The van der Waals surface area contributed by atoms with E-state index in [0.29, 0.717) is 18.5 Å². The summed E-state index contributed by atoms with van der Waals surface area (Å²) in [5.74, 6) is -0.766. The van der Waals surface area contributed by atoms with Crippen LogP contribution in [-0.4, -0.2) is 25.5 Å². The van der Waals surface area contributed by atoms with Crippen molar-refractivity contribution in [2.75, 3.05) is 13.7 Å². The fraction of sp³-hybridized carbons (Fsp3) is 0.467. The Balaban J connectivity index is 2.12. The Labute approximate surface area is 118 Å². The average molecular weight is 281 g/mol. The third-order valence-electron chi connectivity index (χ3n) is 2.92. The van der Waals surface area contributed by atoms with Crippen LogP contribution in [0.4, 0.5) is 4.39 Å². The molecule has 5 heteroatoms. The minimum absolute atomic E-state index is 0.0504. The number of unbranched alkanes of at least 4 members (excludes halogenated alkanes) is 2. The van der Waals surface area contributed by atoms with Crippen molar-refractivity contribution in [1.82, 2.24) is 5.32 Å². The molecule has 0 spiro atoms. The predicted molar refractivity (Wildman–Crippen MR) is 73.6 cm³/mol. The first-order valence-corrected chi connectivity index (χ1v) is 6.70. The first-order chi connectivity index (χ1) is 9.63. The minimum atomic E-state index is -0.360. The molecule has 1 amide bonds. The van der Waals surface area contributed by atoms with Gasteiger partial charge in [0.2, 0.25) is 5.91 Å². The van der Waals surface area contributed by atoms with Crippen molar-refractivity contribution in [2.45, 2.75) is 32.1 Å². The maximum atomic E-state index is 13.3. The zero-order chi connectivity index (χ0) is 14.8. The molecule has 1 aromatic carbocycles. The van der Waals surface area contributed by atoms with E-state index >= 15 is 0 Å². The van der Waals surface area contributed by atoms with E-state index in [1.54, 1.807) is 18.2 Å². The van der Waals surface area contributed by atoms with Crippen LogP contribution in [0.3, 0.4) is 0 Å². The van der Waals surface area contributed by atoms with Crippen LogP contribution in [-0.2, 0) is 20.7 Å². The summed E-state index contributed by atoms with van der Waals surface area (Å²) >= 11 is 0. The Kier molecular flexibility index (Phi) is 7.32. The van der Waals surface area contributed by atoms with Gasteiger partial charge < -0.3 is 10.1 Å². The second-order valence-corrected chi connectivity index (χ2v) is 4.50. The van der Waals surface area contributed by atoms with E-state index in [4.69, 9.17) is 0 Å². The summed E-state index contributed by atoms with van der Waals surface area (Å²) in [5.41, 5.74) is 0.399. The van der Waals surface area contributed by atoms with E-state index in [1.165, 1.54) is 13.2 Å². The van der Waals surface area contributed by atoms with Gasteiger partial charge in [-0.25, -0.2) is 4.39 Å². The molecule has 1 aromatic rings. The third kappa shape index (κ3) is 6.31. The molecule has 0 atom stereocenters. The van der Waals surface area contributed by atoms with Crippen molar-refractivity contribution in [1.29, 1.82) is 0 Å². The van der Waals surface area contributed by atoms with Crippen LogP contribution in [0.5, 0.6) is 0 Å². The Morgan fingerprint density at radius 3 is 2.65 bits per heavy atom. The quantitative estimate of drug-likeness (QED) is 0.587. The average Bonchev–Trinajstić information content (AvgIpc) is 2.44. The molecule has 0 aliphatic heterocycles. The zero-order valence-electron chi connectivity index (χ0n) is 11.7. The van der Waals surface area contributed by atoms with E-state index in [2.05, 4.69) is 10.1 Å². The number of hydrogen-bond donors (Lipinski definition) is 1. The fourth-order valence-electron chi connectivity index (χ4n) is 1.78. The lowest BCUT2D eigenvalue weighted by molar-refractivity contribution is -0.140. The Morgan fingerprint density at radius 2 is 1.95 bits per heavy atom. The first-order valence-electron chi connectivity index (χ1n) is 6.70. The van der Waals surface area contributed by atoms with Crippen LogP contribution in [0.2, 0.25) is 0 Å². The number of carbonyl (C=O) groups is 2. The van der Waals surface area contributed by atoms with Gasteiger partial charge in [-0.05, 0) is 24.5 Å². The van der Waals surface area contributed by atoms with Gasteiger partial charge in [0.1, 0.15) is 5.82 Å². The molecule has 0 fully saturated rings. The van der Waals surface area contributed by atoms with Gasteiger partial charge in [0.25, 0.3) is 0 Å². The van der Waals surface area contributed by atoms with Crippen LogP contribution in [0, 0.1) is 5.82 Å². The molecular formula is C15H20FNO3. The number of benzene rings is 1. The van der Waals surface area contributed by atoms with Crippen molar-refractivity contribution in [2.24, 2.45) is 0 Å². The topological polar surface area (TPSA) is 55.4 Å². The highest BCUT2D eigenvalue weighted by atomic mass is 19.1. The van der Waals surface area contributed by atoms with Crippen molar-refractivity contribution < 1.29 is 18.7 Å². The number of hydrogen-bond acceptors (Lipinski definition) is 3. The number of esters is 1. The lowest BCUT2D eigenvalue weighted by atomic mass is 10.1. The molecule has 0 heterocycles. The van der Waals surface area contributed by atoms with Gasteiger partial charge in [-0.3, -0.25) is 9.59 Å². The number of carbonyl (C=O) groups excluding carboxylic acids is 2. The molecular weight excluding hydrogens is 261 g/mol. The van der Waals surface area contributed by atoms with Crippen molar-refractivity contribution in [3.05, 3.63) is 35.6 Å². The Hall–Kier alpha value is -1.91. The number of amides is 1. The largest absolute Gasteiger partial charge is 0.469 e. The molecule has 110 valence electrons. The molecule has 1 N–H and O–H groups in total. The lowest BCUT2D eigenvalue weighted by Gasteiger charge is -2.06. The standard InChI is InChI=1S/C15H20FNO3/c1-20-15(19)9-3-2-6-10-17-14(18)11-12-7-4-5-8-13(12)16/h4-5,7-8H,2-3,6,9-11H2,1H3,(H,17,18). The molecule has 20 heavy (non-hydrogen) atoms. The third-order valence-corrected chi connectivity index (χ3v) is 2.92. The highest BCUT2D eigenvalue weighted by Crippen LogP contribution is 2.07. The van der Waals surface area contributed by atoms with E-state index in [-0.39, 0.29) is 24.1 Å². The smallest absolute Gasteiger partial charge is 0.305 e. The van der Waals surface area contributed by atoms with Crippen LogP contribution in [0.25, 0.3) is 0 Å². The molecule has 0 aromatic heterocycles. The van der Waals surface area contributed by atoms with Crippen molar-refractivity contribution >= 4 is 11.9 Å². The van der Waals surface area contributed by atoms with Gasteiger partial charge in [-0.1, -0.05) is 24.6 Å². The summed E-state index contributed by atoms with van der Waals surface area (Å²) < 4.78 is 17.9. The number of halogens is 1. The summed E-state index contributed by atoms with van der Waals surface area (Å²) in [6.07, 6.45) is 2.83. The Morgan fingerprint density at radius 1 is 1.20 bits per heavy atom. The predicted octanol–water partition coefficient (Wildman–Crippen LogP) is 2.22. The highest BCUT2D eigenvalue weighted by Gasteiger charge is 2.06. The molecule has 0 unspecified atom stereocenters. The van der Waals surface area contributed by atoms with Gasteiger partial charge in [0.15, 0.2) is 0 Å². The maximum Gasteiger partial charge on any atom is 0.305 e. The van der Waals surface area contributed by atoms with Gasteiger partial charge in [-0.15, -0.1) is 0 Å². The summed E-state index contributed by atoms with van der Waals surface area (Å²) in [4.78, 5) is 22.5. The monoisotopic (exact) mass is 281 g/mol. The molecule has 4 nitrogen and oxygen atoms in total. The summed E-state index contributed by atoms with van der Waals surface area (Å²) in [5, 5.41) is 2.74. The van der Waals surface area contributed by atoms with Gasteiger partial charge in [0.05, 0.1) is 13.5 Å². The molecule has 0 saturated heterocycles. The van der Waals surface area contributed by atoms with E-state index < -0.39 is 0 Å². The normalized spacial score (nSPS) is 10.1. The van der Waals surface area contributed by atoms with Crippen molar-refractivity contribution in [3.63, 3.8) is 0 Å². The summed E-state index contributed by atoms with van der Waals surface area (Å²) in [7, 11) is 1.37. The van der Waals surface area contributed by atoms with Crippen LogP contribution < -0.4 is 5.32 Å². The van der Waals surface area contributed by atoms with Crippen molar-refractivity contribution in [3.8, 4) is 0 Å². The highest BCUT2D eigenvalue weighted by molar-refractivity contribution is 5.78. The maximum absolute atomic E-state index is 13.3. The SMILES string of the molecule is COC(=O)CCCCCNC(=O)Cc1ccccc1F. The van der Waals surface area contributed by atoms with Crippen LogP contribution in [0.1, 0.15) is 31.2 Å². The van der Waals surface area contributed by atoms with Gasteiger partial charge in [-0.2, -0.15) is 0 Å². The second kappa shape index (κ2) is 9.07. The van der Waals surface area contributed by atoms with E-state index in [0.717, 1.165) is 19.3 Å². The van der Waals surface area contributed by atoms with Gasteiger partial charge in [0, 0.05) is 13.0 Å². The first kappa shape index (κ1) is 16.1. The molecule has 0 radical (unpaired) electrons. The number of ether oxygens (including phenoxy) is 1. The molecule has 0 saturated carbocycles. The number of rotatable bonds is 8. The van der Waals surface area contributed by atoms with E-state index in [1.807, 2.05) is 0 Å². The summed E-state index contributed by atoms with van der Waals surface area (Å²) in [6.45, 7) is 0.536. The molecule has 0 aliphatic carbocycles. The summed E-state index contributed by atoms with van der Waals surface area (Å²) in [6, 6.07) is 6.25.